The summed E-state index contributed by atoms with van der Waals surface area (Å²) in [5, 5.41) is 13.0. The molecule has 7 nitrogen and oxygen atoms in total. The van der Waals surface area contributed by atoms with Crippen LogP contribution in [0.15, 0.2) is 24.3 Å². The second-order valence-corrected chi connectivity index (χ2v) is 7.01. The van der Waals surface area contributed by atoms with Crippen LogP contribution in [-0.2, 0) is 4.74 Å². The Kier molecular flexibility index (Phi) is 6.71. The molecule has 4 N–H and O–H groups in total. The zero-order chi connectivity index (χ0) is 19.2. The Morgan fingerprint density at radius 3 is 3.00 bits per heavy atom. The second-order valence-electron chi connectivity index (χ2n) is 6.60. The van der Waals surface area contributed by atoms with Gasteiger partial charge in [0, 0.05) is 48.8 Å². The minimum atomic E-state index is -0.0757. The molecule has 3 rings (SSSR count). The van der Waals surface area contributed by atoms with Gasteiger partial charge in [-0.25, -0.2) is 4.98 Å². The van der Waals surface area contributed by atoms with E-state index in [0.29, 0.717) is 31.2 Å². The van der Waals surface area contributed by atoms with Gasteiger partial charge in [0.15, 0.2) is 0 Å². The van der Waals surface area contributed by atoms with Crippen LogP contribution < -0.4 is 16.0 Å². The highest BCUT2D eigenvalue weighted by Gasteiger charge is 2.27. The lowest BCUT2D eigenvalue weighted by Crippen LogP contribution is -2.32. The molecular weight excluding hydrogens is 366 g/mol. The van der Waals surface area contributed by atoms with Gasteiger partial charge >= 0.3 is 0 Å². The van der Waals surface area contributed by atoms with E-state index in [1.165, 1.54) is 0 Å². The van der Waals surface area contributed by atoms with Crippen LogP contribution in [0.2, 0.25) is 5.02 Å². The van der Waals surface area contributed by atoms with Crippen molar-refractivity contribution in [1.29, 1.82) is 0 Å². The average Bonchev–Trinajstić information content (AvgIpc) is 2.88. The third kappa shape index (κ3) is 5.00. The molecule has 0 radical (unpaired) electrons. The molecule has 0 spiro atoms. The van der Waals surface area contributed by atoms with E-state index in [1.807, 2.05) is 31.2 Å². The predicted octanol–water partition coefficient (Wildman–Crippen LogP) is 2.78. The number of ether oxygens (including phenoxy) is 1. The van der Waals surface area contributed by atoms with Gasteiger partial charge in [0.25, 0.3) is 0 Å². The maximum atomic E-state index is 8.98. The van der Waals surface area contributed by atoms with Gasteiger partial charge in [-0.15, -0.1) is 0 Å². The summed E-state index contributed by atoms with van der Waals surface area (Å²) in [4.78, 5) is 10.8. The first-order valence-electron chi connectivity index (χ1n) is 9.18. The second kappa shape index (κ2) is 9.21. The molecule has 1 aliphatic heterocycles. The van der Waals surface area contributed by atoms with Gasteiger partial charge < -0.3 is 25.8 Å². The van der Waals surface area contributed by atoms with Gasteiger partial charge in [-0.05, 0) is 43.5 Å². The molecule has 1 aromatic heterocycles. The molecule has 146 valence electrons. The number of anilines is 3. The summed E-state index contributed by atoms with van der Waals surface area (Å²) in [5.41, 5.74) is 8.64. The summed E-state index contributed by atoms with van der Waals surface area (Å²) < 4.78 is 5.84. The molecule has 1 atom stereocenters. The van der Waals surface area contributed by atoms with E-state index in [4.69, 9.17) is 27.2 Å². The molecule has 0 saturated carbocycles. The average molecular weight is 392 g/mol. The summed E-state index contributed by atoms with van der Waals surface area (Å²) in [6, 6.07) is 7.74. The number of benzene rings is 1. The van der Waals surface area contributed by atoms with Crippen LogP contribution in [0.3, 0.4) is 0 Å². The van der Waals surface area contributed by atoms with Crippen molar-refractivity contribution in [2.75, 3.05) is 48.9 Å². The van der Waals surface area contributed by atoms with Crippen LogP contribution in [0.25, 0.3) is 0 Å². The number of rotatable bonds is 6. The van der Waals surface area contributed by atoms with E-state index in [1.54, 1.807) is 0 Å². The van der Waals surface area contributed by atoms with Crippen LogP contribution in [0, 0.1) is 6.92 Å². The Morgan fingerprint density at radius 1 is 1.37 bits per heavy atom. The number of nitrogens with zero attached hydrogens (tertiary/aromatic N) is 3. The van der Waals surface area contributed by atoms with Crippen LogP contribution >= 0.6 is 11.6 Å². The van der Waals surface area contributed by atoms with E-state index in [2.05, 4.69) is 20.2 Å². The van der Waals surface area contributed by atoms with Crippen LogP contribution in [-0.4, -0.2) is 48.0 Å². The Labute approximate surface area is 164 Å². The molecule has 1 saturated heterocycles. The fourth-order valence-corrected chi connectivity index (χ4v) is 3.50. The normalized spacial score (nSPS) is 17.6. The molecule has 27 heavy (non-hydrogen) atoms. The summed E-state index contributed by atoms with van der Waals surface area (Å²) in [5.74, 6) is 1.05. The maximum Gasteiger partial charge on any atom is 0.222 e. The summed E-state index contributed by atoms with van der Waals surface area (Å²) in [6.45, 7) is 4.76. The standard InChI is InChI=1S/C19H26ClN5O2/c1-13-10-18(24-19(21)23-13)25-7-3-9-27-12-17(25)15-11-14(4-5-16(15)20)22-6-2-8-26/h4-5,10-11,17,22,26H,2-3,6-9,12H2,1H3,(H2,21,23,24). The van der Waals surface area contributed by atoms with Gasteiger partial charge in [0.1, 0.15) is 5.82 Å². The van der Waals surface area contributed by atoms with Gasteiger partial charge in [-0.3, -0.25) is 0 Å². The lowest BCUT2D eigenvalue weighted by molar-refractivity contribution is 0.134. The molecule has 1 fully saturated rings. The van der Waals surface area contributed by atoms with Gasteiger partial charge in [-0.1, -0.05) is 11.6 Å². The van der Waals surface area contributed by atoms with Crippen LogP contribution in [0.1, 0.15) is 30.1 Å². The molecule has 2 heterocycles. The van der Waals surface area contributed by atoms with Crippen molar-refractivity contribution in [2.24, 2.45) is 0 Å². The number of halogens is 1. The topological polar surface area (TPSA) is 96.5 Å². The molecule has 0 aliphatic carbocycles. The molecular formula is C19H26ClN5O2. The number of aryl methyl sites for hydroxylation is 1. The van der Waals surface area contributed by atoms with E-state index in [9.17, 15) is 0 Å². The minimum Gasteiger partial charge on any atom is -0.396 e. The van der Waals surface area contributed by atoms with Crippen molar-refractivity contribution >= 4 is 29.1 Å². The SMILES string of the molecule is Cc1cc(N2CCCOCC2c2cc(NCCCO)ccc2Cl)nc(N)n1. The first-order chi connectivity index (χ1) is 13.1. The van der Waals surface area contributed by atoms with Crippen molar-refractivity contribution in [3.05, 3.63) is 40.5 Å². The lowest BCUT2D eigenvalue weighted by atomic mass is 10.0. The van der Waals surface area contributed by atoms with E-state index >= 15 is 0 Å². The van der Waals surface area contributed by atoms with Gasteiger partial charge in [-0.2, -0.15) is 4.98 Å². The van der Waals surface area contributed by atoms with Crippen molar-refractivity contribution in [2.45, 2.75) is 25.8 Å². The Balaban J connectivity index is 1.94. The molecule has 1 unspecified atom stereocenters. The minimum absolute atomic E-state index is 0.0757. The third-order valence-corrected chi connectivity index (χ3v) is 4.86. The van der Waals surface area contributed by atoms with Gasteiger partial charge in [0.2, 0.25) is 5.95 Å². The number of nitrogens with two attached hydrogens (primary N) is 1. The Bertz CT molecular complexity index is 754. The summed E-state index contributed by atoms with van der Waals surface area (Å²) in [6.07, 6.45) is 1.58. The van der Waals surface area contributed by atoms with Crippen LogP contribution in [0.4, 0.5) is 17.5 Å². The Morgan fingerprint density at radius 2 is 2.22 bits per heavy atom. The lowest BCUT2D eigenvalue weighted by Gasteiger charge is -2.31. The van der Waals surface area contributed by atoms with Crippen molar-refractivity contribution in [1.82, 2.24) is 9.97 Å². The fourth-order valence-electron chi connectivity index (χ4n) is 3.25. The molecule has 1 aromatic carbocycles. The number of aliphatic hydroxyl groups is 1. The molecule has 1 aliphatic rings. The fraction of sp³-hybridized carbons (Fsp3) is 0.474. The number of nitrogens with one attached hydrogen (secondary N) is 1. The summed E-state index contributed by atoms with van der Waals surface area (Å²) in [7, 11) is 0. The van der Waals surface area contributed by atoms with Crippen LogP contribution in [0.5, 0.6) is 0 Å². The Hall–Kier alpha value is -2.09. The highest BCUT2D eigenvalue weighted by Crippen LogP contribution is 2.34. The molecule has 2 aromatic rings. The number of aromatic nitrogens is 2. The quantitative estimate of drug-likeness (QED) is 0.651. The summed E-state index contributed by atoms with van der Waals surface area (Å²) >= 11 is 6.55. The number of hydrogen-bond acceptors (Lipinski definition) is 7. The van der Waals surface area contributed by atoms with E-state index < -0.39 is 0 Å². The molecule has 0 bridgehead atoms. The van der Waals surface area contributed by atoms with E-state index in [0.717, 1.165) is 35.7 Å². The largest absolute Gasteiger partial charge is 0.396 e. The third-order valence-electron chi connectivity index (χ3n) is 4.51. The smallest absolute Gasteiger partial charge is 0.222 e. The number of nitrogen functional groups attached to an aromatic ring is 1. The highest BCUT2D eigenvalue weighted by molar-refractivity contribution is 6.31. The van der Waals surface area contributed by atoms with Crippen molar-refractivity contribution in [3.63, 3.8) is 0 Å². The first-order valence-corrected chi connectivity index (χ1v) is 9.56. The monoisotopic (exact) mass is 391 g/mol. The predicted molar refractivity (Wildman–Crippen MR) is 108 cm³/mol. The zero-order valence-electron chi connectivity index (χ0n) is 15.5. The zero-order valence-corrected chi connectivity index (χ0v) is 16.2. The van der Waals surface area contributed by atoms with Crippen molar-refractivity contribution in [3.8, 4) is 0 Å². The van der Waals surface area contributed by atoms with Gasteiger partial charge in [0.05, 0.1) is 12.6 Å². The van der Waals surface area contributed by atoms with E-state index in [-0.39, 0.29) is 18.6 Å². The van der Waals surface area contributed by atoms with Crippen molar-refractivity contribution < 1.29 is 9.84 Å². The number of aliphatic hydroxyl groups excluding tert-OH is 1. The maximum absolute atomic E-state index is 8.98. The molecule has 0 amide bonds. The number of hydrogen-bond donors (Lipinski definition) is 3. The first kappa shape index (κ1) is 19.7. The molecule has 8 heteroatoms. The highest BCUT2D eigenvalue weighted by atomic mass is 35.5.